The molecule has 4 rings (SSSR count). The number of carbonyl (C=O) groups excluding carboxylic acids is 2. The summed E-state index contributed by atoms with van der Waals surface area (Å²) in [7, 11) is -2.80. The van der Waals surface area contributed by atoms with Crippen molar-refractivity contribution in [2.75, 3.05) is 6.61 Å². The number of hydrogen-bond acceptors (Lipinski definition) is 3. The van der Waals surface area contributed by atoms with E-state index in [1.54, 1.807) is 31.2 Å². The Kier molecular flexibility index (Phi) is 8.32. The topological polar surface area (TPSA) is 55.4 Å². The Hall–Kier alpha value is -3.72. The van der Waals surface area contributed by atoms with Gasteiger partial charge in [-0.15, -0.1) is 0 Å². The van der Waals surface area contributed by atoms with Gasteiger partial charge in [-0.3, -0.25) is 4.79 Å². The molecule has 4 aromatic rings. The fraction of sp³-hybridized carbons (Fsp3) is 0.0667. The molecule has 4 nitrogen and oxygen atoms in total. The van der Waals surface area contributed by atoms with E-state index < -0.39 is 19.1 Å². The first kappa shape index (κ1) is 25.4. The lowest BCUT2D eigenvalue weighted by molar-refractivity contribution is -0.138. The molecule has 4 aromatic carbocycles. The van der Waals surface area contributed by atoms with Crippen LogP contribution in [0.25, 0.3) is 0 Å². The Morgan fingerprint density at radius 1 is 0.694 bits per heavy atom. The van der Waals surface area contributed by atoms with E-state index in [1.165, 1.54) is 0 Å². The van der Waals surface area contributed by atoms with Gasteiger partial charge in [-0.1, -0.05) is 72.8 Å². The molecule has 0 saturated carbocycles. The summed E-state index contributed by atoms with van der Waals surface area (Å²) in [6, 6.07) is 38.3. The van der Waals surface area contributed by atoms with Crippen molar-refractivity contribution in [3.8, 4) is 0 Å². The number of esters is 1. The highest BCUT2D eigenvalue weighted by molar-refractivity contribution is 8.00. The lowest BCUT2D eigenvalue weighted by atomic mass is 10.2. The van der Waals surface area contributed by atoms with Gasteiger partial charge in [-0.05, 0) is 67.1 Å². The number of halogens is 1. The van der Waals surface area contributed by atoms with Crippen molar-refractivity contribution < 1.29 is 14.3 Å². The van der Waals surface area contributed by atoms with Crippen LogP contribution in [0.3, 0.4) is 0 Å². The Balaban J connectivity index is 2.04. The van der Waals surface area contributed by atoms with Crippen LogP contribution in [0.5, 0.6) is 0 Å². The third-order valence-electron chi connectivity index (χ3n) is 5.69. The van der Waals surface area contributed by atoms with E-state index in [-0.39, 0.29) is 17.1 Å². The van der Waals surface area contributed by atoms with Crippen LogP contribution in [-0.4, -0.2) is 18.5 Å². The van der Waals surface area contributed by atoms with Gasteiger partial charge in [0.05, 0.1) is 6.61 Å². The molecule has 1 N–H and O–H groups in total. The molecule has 36 heavy (non-hydrogen) atoms. The third kappa shape index (κ3) is 5.11. The zero-order valence-electron chi connectivity index (χ0n) is 19.8. The molecule has 0 aliphatic heterocycles. The van der Waals surface area contributed by atoms with Gasteiger partial charge >= 0.3 is 5.97 Å². The number of ether oxygens (including phenoxy) is 1. The summed E-state index contributed by atoms with van der Waals surface area (Å²) in [6.07, 6.45) is 0. The maximum atomic E-state index is 13.3. The molecule has 0 fully saturated rings. The monoisotopic (exact) mass is 514 g/mol. The molecule has 0 aromatic heterocycles. The number of nitrogens with one attached hydrogen (secondary N) is 1. The Morgan fingerprint density at radius 2 is 1.08 bits per heavy atom. The summed E-state index contributed by atoms with van der Waals surface area (Å²) in [5, 5.41) is 5.64. The van der Waals surface area contributed by atoms with Crippen molar-refractivity contribution in [2.45, 2.75) is 6.92 Å². The SMILES string of the molecule is CCOC(=O)/C(NC(=O)c1ccccc1)=C(/Cl)[P+](c1ccccc1)(c1ccccc1)c1ccccc1. The average molecular weight is 515 g/mol. The molecule has 0 atom stereocenters. The van der Waals surface area contributed by atoms with Gasteiger partial charge in [0.25, 0.3) is 5.91 Å². The van der Waals surface area contributed by atoms with Crippen molar-refractivity contribution >= 4 is 46.7 Å². The molecule has 0 aliphatic rings. The van der Waals surface area contributed by atoms with E-state index in [1.807, 2.05) is 97.1 Å². The Bertz CT molecular complexity index is 1250. The normalized spacial score (nSPS) is 11.8. The second-order valence-corrected chi connectivity index (χ2v) is 11.9. The quantitative estimate of drug-likeness (QED) is 0.195. The maximum absolute atomic E-state index is 13.3. The molecule has 0 bridgehead atoms. The van der Waals surface area contributed by atoms with Crippen LogP contribution in [-0.2, 0) is 9.53 Å². The first-order chi connectivity index (χ1) is 17.6. The van der Waals surface area contributed by atoms with Gasteiger partial charge < -0.3 is 10.1 Å². The standard InChI is InChI=1S/C30H25ClNO3P/c1-2-35-30(34)27(32-29(33)23-15-7-3-8-16-23)28(31)36(24-17-9-4-10-18-24,25-19-11-5-12-20-25)26-21-13-6-14-22-26/h3-22H,2H2,1H3/p+1/b28-27+. The number of rotatable bonds is 8. The van der Waals surface area contributed by atoms with Gasteiger partial charge in [0.15, 0.2) is 13.0 Å². The largest absolute Gasteiger partial charge is 0.461 e. The highest BCUT2D eigenvalue weighted by Gasteiger charge is 2.52. The van der Waals surface area contributed by atoms with Crippen molar-refractivity contribution in [3.05, 3.63) is 137 Å². The molecule has 180 valence electrons. The summed E-state index contributed by atoms with van der Waals surface area (Å²) < 4.78 is 5.63. The lowest BCUT2D eigenvalue weighted by Gasteiger charge is -2.27. The zero-order valence-corrected chi connectivity index (χ0v) is 21.5. The smallest absolute Gasteiger partial charge is 0.360 e. The Labute approximate surface area is 216 Å². The molecule has 1 amide bonds. The van der Waals surface area contributed by atoms with Crippen LogP contribution in [0.2, 0.25) is 0 Å². The molecule has 0 heterocycles. The van der Waals surface area contributed by atoms with Gasteiger partial charge in [0, 0.05) is 5.56 Å². The fourth-order valence-electron chi connectivity index (χ4n) is 4.08. The fourth-order valence-corrected chi connectivity index (χ4v) is 8.99. The highest BCUT2D eigenvalue weighted by atomic mass is 35.5. The summed E-state index contributed by atoms with van der Waals surface area (Å²) >= 11 is 7.35. The highest BCUT2D eigenvalue weighted by Crippen LogP contribution is 2.64. The van der Waals surface area contributed by atoms with Gasteiger partial charge in [-0.25, -0.2) is 4.79 Å². The average Bonchev–Trinajstić information content (AvgIpc) is 2.94. The molecule has 6 heteroatoms. The summed E-state index contributed by atoms with van der Waals surface area (Å²) in [5.74, 6) is -1.12. The van der Waals surface area contributed by atoms with Gasteiger partial charge in [-0.2, -0.15) is 0 Å². The van der Waals surface area contributed by atoms with Crippen LogP contribution in [0.4, 0.5) is 0 Å². The first-order valence-electron chi connectivity index (χ1n) is 11.6. The summed E-state index contributed by atoms with van der Waals surface area (Å²) in [5.41, 5.74) is 0.351. The molecule has 0 unspecified atom stereocenters. The van der Waals surface area contributed by atoms with Crippen LogP contribution in [0.1, 0.15) is 17.3 Å². The first-order valence-corrected chi connectivity index (χ1v) is 13.8. The minimum Gasteiger partial charge on any atom is -0.461 e. The molecule has 0 aliphatic carbocycles. The lowest BCUT2D eigenvalue weighted by Crippen LogP contribution is -2.36. The van der Waals surface area contributed by atoms with Gasteiger partial charge in [0.1, 0.15) is 15.9 Å². The van der Waals surface area contributed by atoms with Crippen molar-refractivity contribution in [3.63, 3.8) is 0 Å². The van der Waals surface area contributed by atoms with E-state index in [4.69, 9.17) is 16.3 Å². The molecule has 0 saturated heterocycles. The molecular formula is C30H26ClNO3P+. The van der Waals surface area contributed by atoms with Crippen LogP contribution < -0.4 is 21.2 Å². The number of carbonyl (C=O) groups is 2. The number of hydrogen-bond donors (Lipinski definition) is 1. The predicted octanol–water partition coefficient (Wildman–Crippen LogP) is 5.38. The van der Waals surface area contributed by atoms with Crippen molar-refractivity contribution in [1.29, 1.82) is 0 Å². The van der Waals surface area contributed by atoms with E-state index in [2.05, 4.69) is 5.32 Å². The summed E-state index contributed by atoms with van der Waals surface area (Å²) in [4.78, 5) is 26.5. The van der Waals surface area contributed by atoms with E-state index >= 15 is 0 Å². The van der Waals surface area contributed by atoms with Crippen LogP contribution >= 0.6 is 18.9 Å². The summed E-state index contributed by atoms with van der Waals surface area (Å²) in [6.45, 7) is 1.86. The van der Waals surface area contributed by atoms with Crippen molar-refractivity contribution in [2.24, 2.45) is 0 Å². The van der Waals surface area contributed by atoms with E-state index in [0.717, 1.165) is 15.9 Å². The third-order valence-corrected chi connectivity index (χ3v) is 10.7. The van der Waals surface area contributed by atoms with E-state index in [0.29, 0.717) is 5.56 Å². The number of benzene rings is 4. The molecular weight excluding hydrogens is 489 g/mol. The zero-order chi connectivity index (χ0) is 25.4. The minimum atomic E-state index is -2.80. The Morgan fingerprint density at radius 3 is 1.47 bits per heavy atom. The molecule has 0 spiro atoms. The maximum Gasteiger partial charge on any atom is 0.360 e. The van der Waals surface area contributed by atoms with Crippen LogP contribution in [0.15, 0.2) is 132 Å². The van der Waals surface area contributed by atoms with Gasteiger partial charge in [0.2, 0.25) is 4.77 Å². The molecule has 0 radical (unpaired) electrons. The van der Waals surface area contributed by atoms with Crippen LogP contribution in [0, 0.1) is 0 Å². The minimum absolute atomic E-state index is 0.0581. The second-order valence-electron chi connectivity index (χ2n) is 7.88. The predicted molar refractivity (Wildman–Crippen MR) is 149 cm³/mol. The number of amides is 1. The second kappa shape index (κ2) is 11.8. The van der Waals surface area contributed by atoms with E-state index in [9.17, 15) is 9.59 Å². The van der Waals surface area contributed by atoms with Crippen molar-refractivity contribution in [1.82, 2.24) is 5.32 Å².